The van der Waals surface area contributed by atoms with Crippen LogP contribution in [0.1, 0.15) is 72.3 Å². The molecule has 8 heteroatoms. The van der Waals surface area contributed by atoms with Crippen LogP contribution in [-0.2, 0) is 13.0 Å². The number of rotatable bonds is 6. The van der Waals surface area contributed by atoms with E-state index in [1.165, 1.54) is 0 Å². The number of hydrogen-bond acceptors (Lipinski definition) is 5. The lowest BCUT2D eigenvalue weighted by Crippen LogP contribution is -2.46. The number of pyridine rings is 1. The van der Waals surface area contributed by atoms with E-state index in [1.807, 2.05) is 33.8 Å². The molecular formula is C27H36BrN3O4. The monoisotopic (exact) mass is 545 g/mol. The van der Waals surface area contributed by atoms with Gasteiger partial charge in [0.25, 0.3) is 17.3 Å². The van der Waals surface area contributed by atoms with Crippen molar-refractivity contribution in [1.82, 2.24) is 15.2 Å². The Morgan fingerprint density at radius 1 is 1.17 bits per heavy atom. The summed E-state index contributed by atoms with van der Waals surface area (Å²) in [6.07, 6.45) is 5.01. The van der Waals surface area contributed by atoms with E-state index in [9.17, 15) is 9.59 Å². The van der Waals surface area contributed by atoms with E-state index < -0.39 is 5.79 Å². The number of nitrogens with one attached hydrogen (secondary N) is 2. The topological polar surface area (TPSA) is 83.7 Å². The van der Waals surface area contributed by atoms with Crippen LogP contribution in [0, 0.1) is 19.8 Å². The van der Waals surface area contributed by atoms with Crippen LogP contribution in [0.25, 0.3) is 0 Å². The molecule has 1 atom stereocenters. The van der Waals surface area contributed by atoms with Crippen LogP contribution in [-0.4, -0.2) is 41.7 Å². The van der Waals surface area contributed by atoms with E-state index in [2.05, 4.69) is 45.2 Å². The Bertz CT molecular complexity index is 1180. The summed E-state index contributed by atoms with van der Waals surface area (Å²) in [6, 6.07) is 4.33. The molecule has 2 N–H and O–H groups in total. The van der Waals surface area contributed by atoms with Gasteiger partial charge in [-0.2, -0.15) is 0 Å². The minimum absolute atomic E-state index is 0.162. The molecule has 0 saturated heterocycles. The number of halogens is 1. The molecule has 1 aromatic heterocycles. The fourth-order valence-electron chi connectivity index (χ4n) is 5.42. The Hall–Kier alpha value is -2.32. The smallest absolute Gasteiger partial charge is 0.253 e. The zero-order valence-corrected chi connectivity index (χ0v) is 23.1. The maximum Gasteiger partial charge on any atom is 0.253 e. The van der Waals surface area contributed by atoms with Gasteiger partial charge in [0.05, 0.1) is 4.47 Å². The number of aromatic nitrogens is 1. The van der Waals surface area contributed by atoms with Crippen LogP contribution in [0.5, 0.6) is 11.5 Å². The summed E-state index contributed by atoms with van der Waals surface area (Å²) in [6.45, 7) is 7.92. The van der Waals surface area contributed by atoms with Crippen LogP contribution in [0.2, 0.25) is 0 Å². The number of carbonyl (C=O) groups is 1. The predicted octanol–water partition coefficient (Wildman–Crippen LogP) is 4.85. The number of aryl methyl sites for hydroxylation is 2. The Morgan fingerprint density at radius 2 is 1.83 bits per heavy atom. The minimum atomic E-state index is -0.757. The van der Waals surface area contributed by atoms with Crippen LogP contribution in [0.4, 0.5) is 0 Å². The third-order valence-electron chi connectivity index (χ3n) is 7.63. The van der Waals surface area contributed by atoms with E-state index in [4.69, 9.17) is 9.47 Å². The molecule has 1 fully saturated rings. The van der Waals surface area contributed by atoms with Gasteiger partial charge in [-0.05, 0) is 93.7 Å². The zero-order chi connectivity index (χ0) is 25.5. The molecule has 0 radical (unpaired) electrons. The zero-order valence-electron chi connectivity index (χ0n) is 21.5. The number of hydrogen-bond donors (Lipinski definition) is 2. The first-order chi connectivity index (χ1) is 16.5. The van der Waals surface area contributed by atoms with Gasteiger partial charge in [-0.1, -0.05) is 6.92 Å². The van der Waals surface area contributed by atoms with Crippen LogP contribution in [0.15, 0.2) is 21.4 Å². The number of nitrogens with zero attached hydrogens (tertiary/aromatic N) is 1. The highest BCUT2D eigenvalue weighted by atomic mass is 79.9. The van der Waals surface area contributed by atoms with E-state index in [0.717, 1.165) is 48.9 Å². The molecule has 1 saturated carbocycles. The third-order valence-corrected chi connectivity index (χ3v) is 8.22. The van der Waals surface area contributed by atoms with E-state index in [1.54, 1.807) is 6.07 Å². The van der Waals surface area contributed by atoms with Gasteiger partial charge in [0.2, 0.25) is 0 Å². The van der Waals surface area contributed by atoms with E-state index >= 15 is 0 Å². The maximum atomic E-state index is 13.2. The second-order valence-electron chi connectivity index (χ2n) is 10.2. The van der Waals surface area contributed by atoms with Gasteiger partial charge in [-0.3, -0.25) is 9.59 Å². The first-order valence-corrected chi connectivity index (χ1v) is 13.2. The molecule has 7 nitrogen and oxygen atoms in total. The van der Waals surface area contributed by atoms with Gasteiger partial charge >= 0.3 is 0 Å². The molecule has 1 amide bonds. The highest BCUT2D eigenvalue weighted by molar-refractivity contribution is 9.10. The average molecular weight is 547 g/mol. The minimum Gasteiger partial charge on any atom is -0.448 e. The van der Waals surface area contributed by atoms with Crippen LogP contribution < -0.4 is 20.3 Å². The largest absolute Gasteiger partial charge is 0.448 e. The summed E-state index contributed by atoms with van der Waals surface area (Å²) in [5, 5.41) is 2.93. The second kappa shape index (κ2) is 9.97. The molecule has 0 unspecified atom stereocenters. The van der Waals surface area contributed by atoms with Crippen molar-refractivity contribution in [3.63, 3.8) is 0 Å². The average Bonchev–Trinajstić information content (AvgIpc) is 3.20. The third kappa shape index (κ3) is 5.00. The molecule has 1 aliphatic carbocycles. The molecule has 2 heterocycles. The summed E-state index contributed by atoms with van der Waals surface area (Å²) in [7, 11) is 4.27. The highest BCUT2D eigenvalue weighted by Crippen LogP contribution is 2.51. The van der Waals surface area contributed by atoms with Gasteiger partial charge in [-0.15, -0.1) is 0 Å². The Labute approximate surface area is 215 Å². The summed E-state index contributed by atoms with van der Waals surface area (Å²) in [5.74, 6) is 0.531. The quantitative estimate of drug-likeness (QED) is 0.541. The summed E-state index contributed by atoms with van der Waals surface area (Å²) >= 11 is 3.60. The second-order valence-corrected chi connectivity index (χ2v) is 11.1. The lowest BCUT2D eigenvalue weighted by atomic mass is 9.81. The highest BCUT2D eigenvalue weighted by Gasteiger charge is 2.47. The summed E-state index contributed by atoms with van der Waals surface area (Å²) < 4.78 is 13.6. The molecule has 2 aliphatic rings. The standard InChI is InChI=1S/C27H36BrN3O4/c1-7-17-12-15(2)30-26(33)21(17)14-29-25(32)20-13-22(28)24-23(16(20)3)34-27(4,35-24)18-8-10-19(11-9-18)31(5)6/h12-13,18-19H,7-11,14H2,1-6H3,(H,29,32)(H,30,33)/t18?,19?,27-/m1/s1. The van der Waals surface area contributed by atoms with Crippen molar-refractivity contribution < 1.29 is 14.3 Å². The first-order valence-electron chi connectivity index (χ1n) is 12.4. The number of aromatic amines is 1. The van der Waals surface area contributed by atoms with E-state index in [0.29, 0.717) is 33.1 Å². The lowest BCUT2D eigenvalue weighted by molar-refractivity contribution is -0.123. The van der Waals surface area contributed by atoms with Crippen molar-refractivity contribution in [2.75, 3.05) is 14.1 Å². The molecular weight excluding hydrogens is 510 g/mol. The lowest BCUT2D eigenvalue weighted by Gasteiger charge is -2.39. The molecule has 4 rings (SSSR count). The Kier molecular flexibility index (Phi) is 7.34. The molecule has 35 heavy (non-hydrogen) atoms. The SMILES string of the molecule is CCc1cc(C)[nH]c(=O)c1CNC(=O)c1cc(Br)c2c(c1C)O[C@@](C)(C1CCC(N(C)C)CC1)O2. The molecule has 0 spiro atoms. The van der Waals surface area contributed by atoms with Gasteiger partial charge in [0.1, 0.15) is 0 Å². The van der Waals surface area contributed by atoms with Crippen molar-refractivity contribution in [2.45, 2.75) is 78.2 Å². The summed E-state index contributed by atoms with van der Waals surface area (Å²) in [4.78, 5) is 30.8. The molecule has 1 aliphatic heterocycles. The van der Waals surface area contributed by atoms with E-state index in [-0.39, 0.29) is 23.9 Å². The molecule has 190 valence electrons. The Balaban J connectivity index is 1.52. The normalized spacial score (nSPS) is 23.5. The van der Waals surface area contributed by atoms with Crippen molar-refractivity contribution in [3.8, 4) is 11.5 Å². The fourth-order valence-corrected chi connectivity index (χ4v) is 5.91. The van der Waals surface area contributed by atoms with Gasteiger partial charge < -0.3 is 24.7 Å². The van der Waals surface area contributed by atoms with Crippen molar-refractivity contribution in [3.05, 3.63) is 54.9 Å². The molecule has 0 bridgehead atoms. The number of H-pyrrole nitrogens is 1. The number of ether oxygens (including phenoxy) is 2. The maximum absolute atomic E-state index is 13.2. The van der Waals surface area contributed by atoms with Crippen molar-refractivity contribution in [2.24, 2.45) is 5.92 Å². The van der Waals surface area contributed by atoms with Gasteiger partial charge in [-0.25, -0.2) is 0 Å². The number of amides is 1. The van der Waals surface area contributed by atoms with Gasteiger partial charge in [0, 0.05) is 47.8 Å². The van der Waals surface area contributed by atoms with Crippen molar-refractivity contribution >= 4 is 21.8 Å². The predicted molar refractivity (Wildman–Crippen MR) is 140 cm³/mol. The number of fused-ring (bicyclic) bond motifs is 1. The molecule has 2 aromatic rings. The molecule has 1 aromatic carbocycles. The first kappa shape index (κ1) is 25.8. The van der Waals surface area contributed by atoms with Crippen LogP contribution in [0.3, 0.4) is 0 Å². The Morgan fingerprint density at radius 3 is 2.46 bits per heavy atom. The van der Waals surface area contributed by atoms with Crippen molar-refractivity contribution in [1.29, 1.82) is 0 Å². The van der Waals surface area contributed by atoms with Gasteiger partial charge in [0.15, 0.2) is 11.5 Å². The van der Waals surface area contributed by atoms with Crippen LogP contribution >= 0.6 is 15.9 Å². The number of carbonyl (C=O) groups excluding carboxylic acids is 1. The fraction of sp³-hybridized carbons (Fsp3) is 0.556. The number of benzene rings is 1. The summed E-state index contributed by atoms with van der Waals surface area (Å²) in [5.41, 5.74) is 3.42.